The lowest BCUT2D eigenvalue weighted by atomic mass is 10.0. The predicted octanol–water partition coefficient (Wildman–Crippen LogP) is 3.65. The first-order valence-electron chi connectivity index (χ1n) is 10.7. The van der Waals surface area contributed by atoms with Crippen LogP contribution in [0, 0.1) is 5.92 Å². The van der Waals surface area contributed by atoms with Crippen LogP contribution in [0.4, 0.5) is 5.69 Å². The van der Waals surface area contributed by atoms with Crippen LogP contribution in [-0.4, -0.2) is 58.1 Å². The molecule has 0 amide bonds. The molecule has 0 spiro atoms. The summed E-state index contributed by atoms with van der Waals surface area (Å²) in [7, 11) is 0. The summed E-state index contributed by atoms with van der Waals surface area (Å²) in [6, 6.07) is 8.54. The zero-order valence-electron chi connectivity index (χ0n) is 18.4. The van der Waals surface area contributed by atoms with Gasteiger partial charge in [-0.05, 0) is 37.8 Å². The molecule has 1 heterocycles. The molecular formula is C22H39IN4O2. The van der Waals surface area contributed by atoms with Gasteiger partial charge < -0.3 is 25.0 Å². The normalized spacial score (nSPS) is 15.8. The van der Waals surface area contributed by atoms with Gasteiger partial charge in [0.25, 0.3) is 0 Å². The summed E-state index contributed by atoms with van der Waals surface area (Å²) in [6.45, 7) is 15.1. The first-order valence-corrected chi connectivity index (χ1v) is 10.7. The third kappa shape index (κ3) is 9.09. The van der Waals surface area contributed by atoms with E-state index in [2.05, 4.69) is 67.5 Å². The van der Waals surface area contributed by atoms with Crippen molar-refractivity contribution in [2.45, 2.75) is 46.8 Å². The van der Waals surface area contributed by atoms with Crippen molar-refractivity contribution >= 4 is 35.6 Å². The highest BCUT2D eigenvalue weighted by Gasteiger charge is 2.15. The molecule has 2 N–H and O–H groups in total. The molecule has 1 aromatic carbocycles. The van der Waals surface area contributed by atoms with E-state index >= 15 is 0 Å². The van der Waals surface area contributed by atoms with Crippen molar-refractivity contribution < 1.29 is 9.47 Å². The first-order chi connectivity index (χ1) is 13.7. The fraction of sp³-hybridized carbons (Fsp3) is 0.682. The number of anilines is 1. The Morgan fingerprint density at radius 2 is 1.90 bits per heavy atom. The molecule has 1 atom stereocenters. The number of hydrogen-bond acceptors (Lipinski definition) is 4. The molecule has 1 fully saturated rings. The van der Waals surface area contributed by atoms with Gasteiger partial charge in [-0.2, -0.15) is 0 Å². The highest BCUT2D eigenvalue weighted by molar-refractivity contribution is 14.0. The maximum Gasteiger partial charge on any atom is 0.191 e. The molecule has 1 unspecified atom stereocenters. The quantitative estimate of drug-likeness (QED) is 0.282. The fourth-order valence-electron chi connectivity index (χ4n) is 3.42. The monoisotopic (exact) mass is 518 g/mol. The highest BCUT2D eigenvalue weighted by atomic mass is 127. The third-order valence-electron chi connectivity index (χ3n) is 4.94. The van der Waals surface area contributed by atoms with Gasteiger partial charge in [-0.1, -0.05) is 32.0 Å². The van der Waals surface area contributed by atoms with Crippen LogP contribution in [0.5, 0.6) is 0 Å². The molecule has 1 saturated heterocycles. The maximum atomic E-state index is 5.84. The summed E-state index contributed by atoms with van der Waals surface area (Å²) in [5.41, 5.74) is 2.51. The molecule has 0 aliphatic carbocycles. The SMILES string of the molecule is CCNC(=NCc1ccccc1N1CCOCC1)NCCC(OCC)C(C)C.I. The first kappa shape index (κ1) is 26.0. The minimum atomic E-state index is 0. The number of ether oxygens (including phenoxy) is 2. The zero-order valence-corrected chi connectivity index (χ0v) is 20.8. The summed E-state index contributed by atoms with van der Waals surface area (Å²) in [4.78, 5) is 7.22. The van der Waals surface area contributed by atoms with E-state index in [1.54, 1.807) is 0 Å². The van der Waals surface area contributed by atoms with Gasteiger partial charge in [0.2, 0.25) is 0 Å². The Bertz CT molecular complexity index is 592. The standard InChI is InChI=1S/C22H38N4O2.HI/c1-5-23-22(24-12-11-21(18(3)4)28-6-2)25-17-19-9-7-8-10-20(19)26-13-15-27-16-14-26;/h7-10,18,21H,5-6,11-17H2,1-4H3,(H2,23,24,25);1H. The molecule has 2 rings (SSSR count). The molecule has 1 aliphatic heterocycles. The number of hydrogen-bond donors (Lipinski definition) is 2. The molecule has 6 nitrogen and oxygen atoms in total. The average molecular weight is 518 g/mol. The number of nitrogens with one attached hydrogen (secondary N) is 2. The van der Waals surface area contributed by atoms with E-state index in [9.17, 15) is 0 Å². The minimum absolute atomic E-state index is 0. The van der Waals surface area contributed by atoms with Crippen LogP contribution < -0.4 is 15.5 Å². The Morgan fingerprint density at radius 1 is 1.17 bits per heavy atom. The van der Waals surface area contributed by atoms with Gasteiger partial charge in [0.15, 0.2) is 5.96 Å². The maximum absolute atomic E-state index is 5.84. The number of nitrogens with zero attached hydrogens (tertiary/aromatic N) is 2. The van der Waals surface area contributed by atoms with Gasteiger partial charge in [0.05, 0.1) is 25.9 Å². The van der Waals surface area contributed by atoms with Gasteiger partial charge in [0, 0.05) is 38.5 Å². The lowest BCUT2D eigenvalue weighted by molar-refractivity contribution is 0.0258. The summed E-state index contributed by atoms with van der Waals surface area (Å²) in [6.07, 6.45) is 1.25. The van der Waals surface area contributed by atoms with E-state index in [1.807, 2.05) is 0 Å². The van der Waals surface area contributed by atoms with E-state index in [4.69, 9.17) is 14.5 Å². The van der Waals surface area contributed by atoms with Crippen LogP contribution in [-0.2, 0) is 16.0 Å². The van der Waals surface area contributed by atoms with Crippen molar-refractivity contribution in [1.29, 1.82) is 0 Å². The Hall–Kier alpha value is -1.06. The van der Waals surface area contributed by atoms with E-state index in [0.717, 1.165) is 58.4 Å². The van der Waals surface area contributed by atoms with Crippen LogP contribution in [0.3, 0.4) is 0 Å². The van der Waals surface area contributed by atoms with Gasteiger partial charge >= 0.3 is 0 Å². The topological polar surface area (TPSA) is 58.1 Å². The number of morpholine rings is 1. The molecule has 29 heavy (non-hydrogen) atoms. The molecule has 1 aliphatic rings. The second-order valence-electron chi connectivity index (χ2n) is 7.38. The minimum Gasteiger partial charge on any atom is -0.378 e. The van der Waals surface area contributed by atoms with Crippen molar-refractivity contribution in [3.05, 3.63) is 29.8 Å². The highest BCUT2D eigenvalue weighted by Crippen LogP contribution is 2.22. The van der Waals surface area contributed by atoms with Crippen LogP contribution >= 0.6 is 24.0 Å². The van der Waals surface area contributed by atoms with Crippen molar-refractivity contribution in [2.75, 3.05) is 50.9 Å². The summed E-state index contributed by atoms with van der Waals surface area (Å²) < 4.78 is 11.3. The van der Waals surface area contributed by atoms with E-state index in [1.165, 1.54) is 11.3 Å². The molecular weight excluding hydrogens is 479 g/mol. The van der Waals surface area contributed by atoms with E-state index in [0.29, 0.717) is 12.5 Å². The lowest BCUT2D eigenvalue weighted by Crippen LogP contribution is -2.39. The number of halogens is 1. The molecule has 166 valence electrons. The van der Waals surface area contributed by atoms with E-state index < -0.39 is 0 Å². The Labute approximate surface area is 193 Å². The Morgan fingerprint density at radius 3 is 2.55 bits per heavy atom. The van der Waals surface area contributed by atoms with Crippen LogP contribution in [0.15, 0.2) is 29.3 Å². The molecule has 0 radical (unpaired) electrons. The van der Waals surface area contributed by atoms with Gasteiger partial charge in [-0.25, -0.2) is 4.99 Å². The molecule has 7 heteroatoms. The van der Waals surface area contributed by atoms with Gasteiger partial charge in [-0.3, -0.25) is 0 Å². The number of guanidine groups is 1. The molecule has 0 bridgehead atoms. The second kappa shape index (κ2) is 14.8. The molecule has 0 aromatic heterocycles. The number of aliphatic imine (C=N–C) groups is 1. The van der Waals surface area contributed by atoms with Crippen LogP contribution in [0.1, 0.15) is 39.7 Å². The van der Waals surface area contributed by atoms with Crippen LogP contribution in [0.2, 0.25) is 0 Å². The van der Waals surface area contributed by atoms with E-state index in [-0.39, 0.29) is 30.1 Å². The third-order valence-corrected chi connectivity index (χ3v) is 4.94. The summed E-state index contributed by atoms with van der Waals surface area (Å²) in [5.74, 6) is 1.37. The number of rotatable bonds is 10. The van der Waals surface area contributed by atoms with Gasteiger partial charge in [0.1, 0.15) is 0 Å². The number of benzene rings is 1. The van der Waals surface area contributed by atoms with Gasteiger partial charge in [-0.15, -0.1) is 24.0 Å². The number of para-hydroxylation sites is 1. The second-order valence-corrected chi connectivity index (χ2v) is 7.38. The largest absolute Gasteiger partial charge is 0.378 e. The predicted molar refractivity (Wildman–Crippen MR) is 133 cm³/mol. The molecule has 0 saturated carbocycles. The Kier molecular flexibility index (Phi) is 13.3. The Balaban J connectivity index is 0.00000420. The van der Waals surface area contributed by atoms with Crippen molar-refractivity contribution in [1.82, 2.24) is 10.6 Å². The van der Waals surface area contributed by atoms with Crippen molar-refractivity contribution in [3.8, 4) is 0 Å². The summed E-state index contributed by atoms with van der Waals surface area (Å²) in [5, 5.41) is 6.81. The van der Waals surface area contributed by atoms with Crippen LogP contribution in [0.25, 0.3) is 0 Å². The average Bonchev–Trinajstić information content (AvgIpc) is 2.72. The van der Waals surface area contributed by atoms with Crippen molar-refractivity contribution in [2.24, 2.45) is 10.9 Å². The zero-order chi connectivity index (χ0) is 20.2. The molecule has 1 aromatic rings. The summed E-state index contributed by atoms with van der Waals surface area (Å²) >= 11 is 0. The fourth-order valence-corrected chi connectivity index (χ4v) is 3.42. The smallest absolute Gasteiger partial charge is 0.191 e. The lowest BCUT2D eigenvalue weighted by Gasteiger charge is -2.30. The van der Waals surface area contributed by atoms with Crippen molar-refractivity contribution in [3.63, 3.8) is 0 Å².